The molecule has 8 heteroatoms. The molecule has 2 N–H and O–H groups in total. The van der Waals surface area contributed by atoms with Gasteiger partial charge >= 0.3 is 0 Å². The van der Waals surface area contributed by atoms with Crippen molar-refractivity contribution in [2.24, 2.45) is 5.10 Å². The van der Waals surface area contributed by atoms with Crippen molar-refractivity contribution in [3.63, 3.8) is 0 Å². The largest absolute Gasteiger partial charge is 0.389 e. The number of hydrazone groups is 1. The maximum absolute atomic E-state index is 13.6. The quantitative estimate of drug-likeness (QED) is 0.806. The van der Waals surface area contributed by atoms with Crippen LogP contribution < -0.4 is 10.3 Å². The Balaban J connectivity index is 1.94. The number of nitrogens with zero attached hydrogens (tertiary/aromatic N) is 3. The van der Waals surface area contributed by atoms with E-state index in [1.807, 2.05) is 0 Å². The second-order valence-corrected chi connectivity index (χ2v) is 7.51. The minimum Gasteiger partial charge on any atom is -0.389 e. The molecule has 1 aromatic carbocycles. The van der Waals surface area contributed by atoms with Crippen molar-refractivity contribution in [2.75, 3.05) is 18.1 Å². The standard InChI is InChI=1S/C20H20ClFN4O2/c1-20(2,28)12-24-19(27)14-7-18(13-3-5-15(21)6-4-13)25-26(11-14)17-8-16(22)9-23-10-17/h3-10,28H,11-12H2,1-2H3,(H,24,27). The highest BCUT2D eigenvalue weighted by molar-refractivity contribution is 6.30. The topological polar surface area (TPSA) is 77.8 Å². The number of hydrogen-bond acceptors (Lipinski definition) is 5. The van der Waals surface area contributed by atoms with Gasteiger partial charge in [-0.2, -0.15) is 5.10 Å². The summed E-state index contributed by atoms with van der Waals surface area (Å²) in [5.74, 6) is -0.832. The van der Waals surface area contributed by atoms with Gasteiger partial charge in [0, 0.05) is 28.8 Å². The van der Waals surface area contributed by atoms with E-state index >= 15 is 0 Å². The number of halogens is 2. The number of aliphatic hydroxyl groups is 1. The number of amides is 1. The van der Waals surface area contributed by atoms with Crippen LogP contribution in [0.15, 0.2) is 59.5 Å². The van der Waals surface area contributed by atoms with Crippen LogP contribution in [0.5, 0.6) is 0 Å². The molecule has 0 saturated heterocycles. The molecular weight excluding hydrogens is 383 g/mol. The Bertz CT molecular complexity index is 936. The summed E-state index contributed by atoms with van der Waals surface area (Å²) in [6.45, 7) is 3.44. The van der Waals surface area contributed by atoms with Gasteiger partial charge in [0.2, 0.25) is 5.91 Å². The van der Waals surface area contributed by atoms with Crippen molar-refractivity contribution in [1.82, 2.24) is 10.3 Å². The molecule has 0 atom stereocenters. The number of carbonyl (C=O) groups excluding carboxylic acids is 1. The first-order chi connectivity index (χ1) is 13.2. The molecule has 0 bridgehead atoms. The van der Waals surface area contributed by atoms with Crippen molar-refractivity contribution < 1.29 is 14.3 Å². The van der Waals surface area contributed by atoms with Crippen LogP contribution in [0.2, 0.25) is 5.02 Å². The van der Waals surface area contributed by atoms with Crippen molar-refractivity contribution in [1.29, 1.82) is 0 Å². The third-order valence-electron chi connectivity index (χ3n) is 3.96. The molecule has 146 valence electrons. The van der Waals surface area contributed by atoms with Gasteiger partial charge in [0.05, 0.1) is 35.9 Å². The number of carbonyl (C=O) groups is 1. The SMILES string of the molecule is CC(C)(O)CNC(=O)C1=CC(c2ccc(Cl)cc2)=NN(c2cncc(F)c2)C1. The highest BCUT2D eigenvalue weighted by Gasteiger charge is 2.23. The summed E-state index contributed by atoms with van der Waals surface area (Å²) < 4.78 is 13.6. The van der Waals surface area contributed by atoms with Crippen LogP contribution in [0.3, 0.4) is 0 Å². The lowest BCUT2D eigenvalue weighted by Gasteiger charge is -2.26. The Morgan fingerprint density at radius 2 is 2.04 bits per heavy atom. The molecule has 0 spiro atoms. The predicted molar refractivity (Wildman–Crippen MR) is 107 cm³/mol. The van der Waals surface area contributed by atoms with E-state index in [0.717, 1.165) is 11.8 Å². The van der Waals surface area contributed by atoms with Gasteiger partial charge in [-0.25, -0.2) is 4.39 Å². The summed E-state index contributed by atoms with van der Waals surface area (Å²) >= 11 is 5.95. The molecule has 0 saturated carbocycles. The van der Waals surface area contributed by atoms with Crippen LogP contribution >= 0.6 is 11.6 Å². The number of nitrogens with one attached hydrogen (secondary N) is 1. The molecule has 3 rings (SSSR count). The van der Waals surface area contributed by atoms with Gasteiger partial charge in [0.15, 0.2) is 0 Å². The molecule has 0 unspecified atom stereocenters. The average molecular weight is 403 g/mol. The second-order valence-electron chi connectivity index (χ2n) is 7.08. The maximum Gasteiger partial charge on any atom is 0.249 e. The lowest BCUT2D eigenvalue weighted by atomic mass is 10.0. The van der Waals surface area contributed by atoms with Gasteiger partial charge in [0.1, 0.15) is 5.82 Å². The Labute approximate surface area is 167 Å². The molecule has 0 aliphatic carbocycles. The highest BCUT2D eigenvalue weighted by atomic mass is 35.5. The molecule has 2 heterocycles. The van der Waals surface area contributed by atoms with Gasteiger partial charge in [0.25, 0.3) is 0 Å². The summed E-state index contributed by atoms with van der Waals surface area (Å²) in [4.78, 5) is 16.5. The van der Waals surface area contributed by atoms with E-state index < -0.39 is 11.4 Å². The zero-order chi connectivity index (χ0) is 20.3. The lowest BCUT2D eigenvalue weighted by molar-refractivity contribution is -0.118. The molecule has 1 aromatic heterocycles. The van der Waals surface area contributed by atoms with E-state index in [1.165, 1.54) is 17.3 Å². The zero-order valence-electron chi connectivity index (χ0n) is 15.5. The normalized spacial score (nSPS) is 14.4. The summed E-state index contributed by atoms with van der Waals surface area (Å²) in [6, 6.07) is 8.33. The van der Waals surface area contributed by atoms with Gasteiger partial charge in [-0.15, -0.1) is 0 Å². The summed E-state index contributed by atoms with van der Waals surface area (Å²) in [5.41, 5.74) is 1.09. The first-order valence-corrected chi connectivity index (χ1v) is 9.03. The average Bonchev–Trinajstić information content (AvgIpc) is 2.65. The van der Waals surface area contributed by atoms with Gasteiger partial charge in [-0.1, -0.05) is 23.7 Å². The summed E-state index contributed by atoms with van der Waals surface area (Å²) in [6.07, 6.45) is 4.25. The Morgan fingerprint density at radius 1 is 1.32 bits per heavy atom. The smallest absolute Gasteiger partial charge is 0.249 e. The number of pyridine rings is 1. The van der Waals surface area contributed by atoms with E-state index in [2.05, 4.69) is 15.4 Å². The number of hydrogen-bond donors (Lipinski definition) is 2. The summed E-state index contributed by atoms with van der Waals surface area (Å²) in [7, 11) is 0. The maximum atomic E-state index is 13.6. The van der Waals surface area contributed by atoms with Crippen molar-refractivity contribution in [3.05, 3.63) is 70.8 Å². The fourth-order valence-corrected chi connectivity index (χ4v) is 2.69. The van der Waals surface area contributed by atoms with Crippen molar-refractivity contribution >= 4 is 28.9 Å². The molecule has 1 aliphatic heterocycles. The second kappa shape index (κ2) is 8.08. The van der Waals surface area contributed by atoms with Crippen molar-refractivity contribution in [3.8, 4) is 0 Å². The van der Waals surface area contributed by atoms with Crippen molar-refractivity contribution in [2.45, 2.75) is 19.4 Å². The Hall–Kier alpha value is -2.77. The fourth-order valence-electron chi connectivity index (χ4n) is 2.57. The number of benzene rings is 1. The number of rotatable bonds is 5. The molecule has 0 radical (unpaired) electrons. The minimum atomic E-state index is -1.04. The summed E-state index contributed by atoms with van der Waals surface area (Å²) in [5, 5.41) is 19.2. The lowest BCUT2D eigenvalue weighted by Crippen LogP contribution is -2.41. The minimum absolute atomic E-state index is 0.0954. The third-order valence-corrected chi connectivity index (χ3v) is 4.21. The molecule has 0 fully saturated rings. The Kier molecular flexibility index (Phi) is 5.76. The number of aromatic nitrogens is 1. The molecule has 6 nitrogen and oxygen atoms in total. The molecule has 1 amide bonds. The predicted octanol–water partition coefficient (Wildman–Crippen LogP) is 2.91. The fraction of sp³-hybridized carbons (Fsp3) is 0.250. The van der Waals surface area contributed by atoms with Crippen LogP contribution in [0.4, 0.5) is 10.1 Å². The van der Waals surface area contributed by atoms with E-state index in [4.69, 9.17) is 11.6 Å². The van der Waals surface area contributed by atoms with Gasteiger partial charge < -0.3 is 10.4 Å². The number of allylic oxidation sites excluding steroid dienone is 1. The first-order valence-electron chi connectivity index (χ1n) is 8.65. The molecule has 1 aliphatic rings. The van der Waals surface area contributed by atoms with E-state index in [-0.39, 0.29) is 19.0 Å². The number of anilines is 1. The van der Waals surface area contributed by atoms with Gasteiger partial charge in [-0.3, -0.25) is 14.8 Å². The van der Waals surface area contributed by atoms with Crippen LogP contribution in [0, 0.1) is 5.82 Å². The molecule has 2 aromatic rings. The van der Waals surface area contributed by atoms with E-state index in [9.17, 15) is 14.3 Å². The van der Waals surface area contributed by atoms with E-state index in [1.54, 1.807) is 44.2 Å². The van der Waals surface area contributed by atoms with Crippen LogP contribution in [0.1, 0.15) is 19.4 Å². The molecule has 28 heavy (non-hydrogen) atoms. The first kappa shape index (κ1) is 20.0. The molecular formula is C20H20ClFN4O2. The third kappa shape index (κ3) is 5.15. The van der Waals surface area contributed by atoms with Crippen LogP contribution in [-0.2, 0) is 4.79 Å². The van der Waals surface area contributed by atoms with Crippen LogP contribution in [-0.4, -0.2) is 40.4 Å². The highest BCUT2D eigenvalue weighted by Crippen LogP contribution is 2.22. The zero-order valence-corrected chi connectivity index (χ0v) is 16.2. The Morgan fingerprint density at radius 3 is 2.68 bits per heavy atom. The van der Waals surface area contributed by atoms with Gasteiger partial charge in [-0.05, 0) is 32.1 Å². The van der Waals surface area contributed by atoms with Crippen LogP contribution in [0.25, 0.3) is 0 Å². The van der Waals surface area contributed by atoms with E-state index in [0.29, 0.717) is 22.0 Å². The monoisotopic (exact) mass is 402 g/mol.